The first-order chi connectivity index (χ1) is 23.2. The van der Waals surface area contributed by atoms with Gasteiger partial charge >= 0.3 is 16.3 Å². The van der Waals surface area contributed by atoms with E-state index in [1.165, 1.54) is 9.47 Å². The van der Waals surface area contributed by atoms with Crippen molar-refractivity contribution in [1.29, 1.82) is 0 Å². The van der Waals surface area contributed by atoms with E-state index in [1.54, 1.807) is 50.8 Å². The Kier molecular flexibility index (Phi) is 7.96. The molecule has 18 heteroatoms. The van der Waals surface area contributed by atoms with E-state index in [0.29, 0.717) is 11.3 Å². The number of anilines is 2. The van der Waals surface area contributed by atoms with Crippen LogP contribution in [0.1, 0.15) is 33.4 Å². The summed E-state index contributed by atoms with van der Waals surface area (Å²) in [6.45, 7) is 7.58. The van der Waals surface area contributed by atoms with Crippen LogP contribution in [0.4, 0.5) is 35.6 Å². The molecule has 0 atom stereocenters. The Morgan fingerprint density at radius 2 is 1.64 bits per heavy atom. The molecule has 1 aliphatic rings. The van der Waals surface area contributed by atoms with Gasteiger partial charge < -0.3 is 28.8 Å². The van der Waals surface area contributed by atoms with Crippen LogP contribution in [0.3, 0.4) is 0 Å². The number of carbonyl (C=O) groups excluding carboxylic acids is 2. The fourth-order valence-electron chi connectivity index (χ4n) is 5.70. The molecule has 1 aliphatic heterocycles. The molecule has 0 aliphatic carbocycles. The molecule has 2 aromatic carbocycles. The first-order valence-electron chi connectivity index (χ1n) is 15.6. The monoisotopic (exact) mass is 723 g/mol. The fourth-order valence-corrected chi connectivity index (χ4v) is 6.35. The Morgan fingerprint density at radius 3 is 2.24 bits per heavy atom. The van der Waals surface area contributed by atoms with E-state index in [0.717, 1.165) is 22.0 Å². The van der Waals surface area contributed by atoms with E-state index in [2.05, 4.69) is 15.4 Å². The van der Waals surface area contributed by atoms with Gasteiger partial charge in [-0.1, -0.05) is 44.6 Å². The average Bonchev–Trinajstić information content (AvgIpc) is 3.66. The fraction of sp³-hybridized carbons (Fsp3) is 0.344. The molecular weight excluding hydrogens is 689 g/mol. The zero-order valence-electron chi connectivity index (χ0n) is 27.5. The highest BCUT2D eigenvalue weighted by molar-refractivity contribution is 8.45. The molecule has 50 heavy (non-hydrogen) atoms. The number of benzene rings is 2. The summed E-state index contributed by atoms with van der Waals surface area (Å²) in [4.78, 5) is 46.0. The van der Waals surface area contributed by atoms with Crippen LogP contribution >= 0.6 is 10.2 Å². The molecule has 0 saturated carbocycles. The van der Waals surface area contributed by atoms with Gasteiger partial charge in [0.15, 0.2) is 5.76 Å². The van der Waals surface area contributed by atoms with E-state index in [1.807, 2.05) is 12.1 Å². The number of rotatable bonds is 7. The third-order valence-corrected chi connectivity index (χ3v) is 9.10. The topological polar surface area (TPSA) is 127 Å². The maximum Gasteiger partial charge on any atom is 0.410 e. The molecule has 0 bridgehead atoms. The smallest absolute Gasteiger partial charge is 0.410 e. The number of nitrogens with one attached hydrogen (secondary N) is 1. The van der Waals surface area contributed by atoms with Gasteiger partial charge in [-0.2, -0.15) is 9.50 Å². The van der Waals surface area contributed by atoms with Crippen molar-refractivity contribution in [1.82, 2.24) is 24.1 Å². The number of carbonyl (C=O) groups is 2. The zero-order valence-corrected chi connectivity index (χ0v) is 28.3. The van der Waals surface area contributed by atoms with Gasteiger partial charge in [0, 0.05) is 37.3 Å². The summed E-state index contributed by atoms with van der Waals surface area (Å²) < 4.78 is 80.1. The van der Waals surface area contributed by atoms with E-state index < -0.39 is 44.8 Å². The lowest BCUT2D eigenvalue weighted by Crippen LogP contribution is -2.51. The first-order valence-corrected chi connectivity index (χ1v) is 17.5. The maximum atomic E-state index is 14.1. The van der Waals surface area contributed by atoms with E-state index in [9.17, 15) is 33.8 Å². The van der Waals surface area contributed by atoms with Crippen LogP contribution in [0.15, 0.2) is 68.7 Å². The van der Waals surface area contributed by atoms with Gasteiger partial charge in [-0.3, -0.25) is 9.59 Å². The number of para-hydroxylation sites is 1. The van der Waals surface area contributed by atoms with Crippen LogP contribution in [0.2, 0.25) is 0 Å². The third-order valence-electron chi connectivity index (χ3n) is 7.94. The van der Waals surface area contributed by atoms with Gasteiger partial charge in [-0.25, -0.2) is 4.79 Å². The first kappa shape index (κ1) is 34.7. The summed E-state index contributed by atoms with van der Waals surface area (Å²) >= 11 is 0. The molecule has 268 valence electrons. The molecule has 6 rings (SSSR count). The Morgan fingerprint density at radius 1 is 0.980 bits per heavy atom. The van der Waals surface area contributed by atoms with Crippen LogP contribution in [0, 0.1) is 0 Å². The molecule has 3 aromatic heterocycles. The van der Waals surface area contributed by atoms with Crippen LogP contribution < -0.4 is 15.8 Å². The van der Waals surface area contributed by atoms with Crippen molar-refractivity contribution in [3.63, 3.8) is 0 Å². The number of amides is 2. The molecule has 1 saturated heterocycles. The zero-order chi connectivity index (χ0) is 36.3. The second-order valence-corrected chi connectivity index (χ2v) is 15.2. The molecule has 4 heterocycles. The Hall–Kier alpha value is -5.13. The average molecular weight is 724 g/mol. The predicted molar refractivity (Wildman–Crippen MR) is 178 cm³/mol. The highest BCUT2D eigenvalue weighted by Crippen LogP contribution is 3.02. The second kappa shape index (κ2) is 11.5. The van der Waals surface area contributed by atoms with Crippen LogP contribution in [0.25, 0.3) is 28.3 Å². The van der Waals surface area contributed by atoms with Crippen molar-refractivity contribution < 1.29 is 38.2 Å². The standard InChI is InChI=1S/C32H34F5N7O5S/c1-5-23-27(41-14-16-42(17-15-41)31(47)49-32(2,3)4)29(46)44-30(39-28(40-44)25-18-20-8-6-7-9-24(20)48-25)43(23)19-26(45)38-21-10-12-22(13-11-21)50(33,34,35,36)37/h6-13,18H,5,14-17,19H2,1-4H3,(H,38,45). The Bertz CT molecular complexity index is 2150. The lowest BCUT2D eigenvalue weighted by atomic mass is 10.2. The summed E-state index contributed by atoms with van der Waals surface area (Å²) in [5, 5.41) is 7.65. The molecule has 5 aromatic rings. The molecular formula is C32H34F5N7O5S. The van der Waals surface area contributed by atoms with Gasteiger partial charge in [0.2, 0.25) is 17.5 Å². The molecule has 12 nitrogen and oxygen atoms in total. The summed E-state index contributed by atoms with van der Waals surface area (Å²) in [6.07, 6.45) is -0.246. The number of piperazine rings is 1. The van der Waals surface area contributed by atoms with Crippen molar-refractivity contribution in [2.45, 2.75) is 51.2 Å². The molecule has 1 N–H and O–H groups in total. The van der Waals surface area contributed by atoms with Crippen LogP contribution in [0.5, 0.6) is 0 Å². The van der Waals surface area contributed by atoms with Crippen molar-refractivity contribution in [2.24, 2.45) is 0 Å². The predicted octanol–water partition coefficient (Wildman–Crippen LogP) is 7.22. The number of fused-ring (bicyclic) bond motifs is 2. The number of ether oxygens (including phenoxy) is 1. The van der Waals surface area contributed by atoms with Crippen molar-refractivity contribution in [2.75, 3.05) is 36.4 Å². The Labute approximate surface area is 282 Å². The van der Waals surface area contributed by atoms with E-state index in [-0.39, 0.29) is 73.5 Å². The highest BCUT2D eigenvalue weighted by Gasteiger charge is 2.65. The van der Waals surface area contributed by atoms with Gasteiger partial charge in [0.25, 0.3) is 5.56 Å². The number of furan rings is 1. The lowest BCUT2D eigenvalue weighted by Gasteiger charge is -2.40. The maximum absolute atomic E-state index is 14.1. The number of hydrogen-bond acceptors (Lipinski definition) is 8. The van der Waals surface area contributed by atoms with E-state index in [4.69, 9.17) is 9.15 Å². The summed E-state index contributed by atoms with van der Waals surface area (Å²) in [6, 6.07) is 10.8. The van der Waals surface area contributed by atoms with Crippen molar-refractivity contribution in [3.8, 4) is 11.6 Å². The molecule has 2 amide bonds. The number of halogens is 5. The minimum atomic E-state index is -9.91. The summed E-state index contributed by atoms with van der Waals surface area (Å²) in [7, 11) is -9.91. The molecule has 0 spiro atoms. The summed E-state index contributed by atoms with van der Waals surface area (Å²) in [5.74, 6) is -0.419. The highest BCUT2D eigenvalue weighted by atomic mass is 32.5. The number of hydrogen-bond donors (Lipinski definition) is 1. The molecule has 0 unspecified atom stereocenters. The largest absolute Gasteiger partial charge is 0.453 e. The van der Waals surface area contributed by atoms with Crippen LogP contribution in [-0.4, -0.2) is 67.8 Å². The summed E-state index contributed by atoms with van der Waals surface area (Å²) in [5.41, 5.74) is -0.189. The quantitative estimate of drug-likeness (QED) is 0.175. The van der Waals surface area contributed by atoms with Crippen molar-refractivity contribution >= 4 is 50.3 Å². The van der Waals surface area contributed by atoms with Gasteiger partial charge in [0.1, 0.15) is 28.3 Å². The van der Waals surface area contributed by atoms with Gasteiger partial charge in [0.05, 0.1) is 5.69 Å². The van der Waals surface area contributed by atoms with Crippen molar-refractivity contribution in [3.05, 3.63) is 70.6 Å². The van der Waals surface area contributed by atoms with Crippen LogP contribution in [-0.2, 0) is 22.5 Å². The minimum absolute atomic E-state index is 0.00939. The lowest BCUT2D eigenvalue weighted by molar-refractivity contribution is -0.116. The normalized spacial score (nSPS) is 15.6. The number of aromatic nitrogens is 4. The SMILES string of the molecule is CCc1c(N2CCN(C(=O)OC(C)(C)C)CC2)c(=O)n2nc(-c3cc4ccccc4o3)nc2n1CC(=O)Nc1ccc(S(F)(F)(F)(F)F)cc1. The van der Waals surface area contributed by atoms with Gasteiger partial charge in [-0.05, 0) is 63.6 Å². The molecule has 1 fully saturated rings. The minimum Gasteiger partial charge on any atom is -0.453 e. The second-order valence-electron chi connectivity index (χ2n) is 12.8. The van der Waals surface area contributed by atoms with Gasteiger partial charge in [-0.15, -0.1) is 5.10 Å². The third kappa shape index (κ3) is 7.10. The number of nitrogens with zero attached hydrogens (tertiary/aromatic N) is 6. The molecule has 0 radical (unpaired) electrons. The van der Waals surface area contributed by atoms with E-state index >= 15 is 0 Å². The Balaban J connectivity index is 1.38.